The maximum absolute atomic E-state index is 13.9. The van der Waals surface area contributed by atoms with Crippen LogP contribution >= 0.6 is 11.6 Å². The lowest BCUT2D eigenvalue weighted by Gasteiger charge is -2.24. The van der Waals surface area contributed by atoms with Crippen LogP contribution in [0, 0.1) is 0 Å². The number of furan rings is 2. The molecule has 5 heterocycles. The van der Waals surface area contributed by atoms with Gasteiger partial charge >= 0.3 is 0 Å². The summed E-state index contributed by atoms with van der Waals surface area (Å²) in [4.78, 5) is 28.5. The molecule has 0 radical (unpaired) electrons. The van der Waals surface area contributed by atoms with E-state index in [1.165, 1.54) is 6.26 Å². The largest absolute Gasteiger partial charge is 0.464 e. The molecule has 0 N–H and O–H groups in total. The number of carbonyl (C=O) groups is 1. The van der Waals surface area contributed by atoms with Crippen LogP contribution in [0.3, 0.4) is 0 Å². The fourth-order valence-electron chi connectivity index (χ4n) is 4.81. The number of fused-ring (bicyclic) bond motifs is 5. The molecule has 0 aliphatic carbocycles. The highest BCUT2D eigenvalue weighted by Gasteiger charge is 2.56. The first-order valence-electron chi connectivity index (χ1n) is 9.37. The topological polar surface area (TPSA) is 68.6 Å². The molecule has 0 bridgehead atoms. The molecule has 7 heteroatoms. The lowest BCUT2D eigenvalue weighted by Crippen LogP contribution is -2.40. The van der Waals surface area contributed by atoms with Crippen LogP contribution in [0.4, 0.5) is 5.69 Å². The smallest absolute Gasteiger partial charge is 0.261 e. The van der Waals surface area contributed by atoms with E-state index in [4.69, 9.17) is 20.4 Å². The summed E-state index contributed by atoms with van der Waals surface area (Å²) in [6, 6.07) is 14.7. The number of amides is 1. The fraction of sp³-hybridized carbons (Fsp3) is 0.182. The van der Waals surface area contributed by atoms with Gasteiger partial charge in [-0.2, -0.15) is 0 Å². The molecular formula is C22H15ClN2O4. The number of hydrogen-bond acceptors (Lipinski definition) is 4. The Balaban J connectivity index is 1.57. The number of carbonyl (C=O) groups excluding carboxylic acids is 1. The van der Waals surface area contributed by atoms with Crippen LogP contribution in [0.5, 0.6) is 0 Å². The Kier molecular flexibility index (Phi) is 3.24. The van der Waals surface area contributed by atoms with Crippen molar-refractivity contribution < 1.29 is 13.6 Å². The third-order valence-electron chi connectivity index (χ3n) is 6.08. The van der Waals surface area contributed by atoms with Crippen molar-refractivity contribution in [2.75, 3.05) is 4.90 Å². The van der Waals surface area contributed by atoms with Crippen molar-refractivity contribution in [3.05, 3.63) is 87.4 Å². The highest BCUT2D eigenvalue weighted by Crippen LogP contribution is 2.51. The van der Waals surface area contributed by atoms with Crippen molar-refractivity contribution in [3.8, 4) is 0 Å². The lowest BCUT2D eigenvalue weighted by atomic mass is 9.77. The van der Waals surface area contributed by atoms with E-state index in [1.54, 1.807) is 27.7 Å². The van der Waals surface area contributed by atoms with Gasteiger partial charge < -0.3 is 18.3 Å². The summed E-state index contributed by atoms with van der Waals surface area (Å²) >= 11 is 5.91. The third-order valence-corrected chi connectivity index (χ3v) is 6.29. The highest BCUT2D eigenvalue weighted by molar-refractivity contribution is 6.28. The molecule has 1 aromatic carbocycles. The molecule has 0 fully saturated rings. The third kappa shape index (κ3) is 2.07. The number of hydrogen-bond donors (Lipinski definition) is 0. The molecule has 4 aromatic rings. The molecular weight excluding hydrogens is 392 g/mol. The molecule has 2 aliphatic heterocycles. The number of halogens is 1. The predicted octanol–water partition coefficient (Wildman–Crippen LogP) is 4.08. The fourth-order valence-corrected chi connectivity index (χ4v) is 4.98. The summed E-state index contributed by atoms with van der Waals surface area (Å²) in [7, 11) is 0. The SMILES string of the molecule is O=C1N(Cc2ccc(Cl)o2)c2ccccc2C12CCn1c2cc2occc2c1=O. The predicted molar refractivity (Wildman–Crippen MR) is 107 cm³/mol. The van der Waals surface area contributed by atoms with Gasteiger partial charge in [0.05, 0.1) is 18.2 Å². The van der Waals surface area contributed by atoms with Crippen molar-refractivity contribution in [3.63, 3.8) is 0 Å². The monoisotopic (exact) mass is 406 g/mol. The number of anilines is 1. The van der Waals surface area contributed by atoms with Gasteiger partial charge in [-0.3, -0.25) is 9.59 Å². The minimum Gasteiger partial charge on any atom is -0.464 e. The van der Waals surface area contributed by atoms with E-state index in [2.05, 4.69) is 0 Å². The number of aromatic nitrogens is 1. The summed E-state index contributed by atoms with van der Waals surface area (Å²) in [5, 5.41) is 0.819. The van der Waals surface area contributed by atoms with Crippen LogP contribution in [0.25, 0.3) is 11.0 Å². The van der Waals surface area contributed by atoms with Crippen molar-refractivity contribution in [1.82, 2.24) is 4.57 Å². The van der Waals surface area contributed by atoms with Crippen LogP contribution in [-0.4, -0.2) is 10.5 Å². The minimum absolute atomic E-state index is 0.0669. The summed E-state index contributed by atoms with van der Waals surface area (Å²) in [6.07, 6.45) is 2.03. The van der Waals surface area contributed by atoms with Gasteiger partial charge in [-0.15, -0.1) is 0 Å². The summed E-state index contributed by atoms with van der Waals surface area (Å²) in [5.74, 6) is 0.537. The second-order valence-corrected chi connectivity index (χ2v) is 7.83. The van der Waals surface area contributed by atoms with Crippen molar-refractivity contribution in [2.24, 2.45) is 0 Å². The second-order valence-electron chi connectivity index (χ2n) is 7.45. The zero-order valence-electron chi connectivity index (χ0n) is 15.2. The number of pyridine rings is 1. The summed E-state index contributed by atoms with van der Waals surface area (Å²) in [6.45, 7) is 0.757. The molecule has 6 nitrogen and oxygen atoms in total. The molecule has 1 spiro atoms. The van der Waals surface area contributed by atoms with Gasteiger partial charge in [0.1, 0.15) is 16.8 Å². The Morgan fingerprint density at radius 2 is 1.97 bits per heavy atom. The van der Waals surface area contributed by atoms with Crippen molar-refractivity contribution in [2.45, 2.75) is 24.9 Å². The maximum Gasteiger partial charge on any atom is 0.261 e. The average Bonchev–Trinajstić information content (AvgIpc) is 3.48. The molecule has 3 aromatic heterocycles. The molecule has 1 amide bonds. The zero-order valence-corrected chi connectivity index (χ0v) is 16.0. The molecule has 0 saturated carbocycles. The first-order chi connectivity index (χ1) is 14.1. The minimum atomic E-state index is -0.910. The summed E-state index contributed by atoms with van der Waals surface area (Å²) < 4.78 is 12.7. The molecule has 0 saturated heterocycles. The quantitative estimate of drug-likeness (QED) is 0.503. The Bertz CT molecular complexity index is 1360. The van der Waals surface area contributed by atoms with E-state index in [0.717, 1.165) is 11.3 Å². The van der Waals surface area contributed by atoms with Gasteiger partial charge in [-0.25, -0.2) is 0 Å². The van der Waals surface area contributed by atoms with Gasteiger partial charge in [0.2, 0.25) is 5.91 Å². The first-order valence-corrected chi connectivity index (χ1v) is 9.74. The van der Waals surface area contributed by atoms with Gasteiger partial charge in [0.15, 0.2) is 5.22 Å². The molecule has 144 valence electrons. The van der Waals surface area contributed by atoms with Crippen molar-refractivity contribution in [1.29, 1.82) is 0 Å². The second kappa shape index (κ2) is 5.64. The van der Waals surface area contributed by atoms with Crippen molar-refractivity contribution >= 4 is 34.2 Å². The van der Waals surface area contributed by atoms with Crippen LogP contribution < -0.4 is 10.5 Å². The number of para-hydroxylation sites is 1. The molecule has 2 aliphatic rings. The highest BCUT2D eigenvalue weighted by atomic mass is 35.5. The Morgan fingerprint density at radius 1 is 1.10 bits per heavy atom. The number of benzene rings is 1. The molecule has 6 rings (SSSR count). The van der Waals surface area contributed by atoms with E-state index in [1.807, 2.05) is 30.3 Å². The van der Waals surface area contributed by atoms with Crippen LogP contribution in [0.1, 0.15) is 23.4 Å². The summed E-state index contributed by atoms with van der Waals surface area (Å²) in [5.41, 5.74) is 1.88. The van der Waals surface area contributed by atoms with Gasteiger partial charge in [-0.05, 0) is 47.9 Å². The Labute approximate surface area is 169 Å². The number of rotatable bonds is 2. The maximum atomic E-state index is 13.9. The van der Waals surface area contributed by atoms with Gasteiger partial charge in [-0.1, -0.05) is 18.2 Å². The van der Waals surface area contributed by atoms with Gasteiger partial charge in [0.25, 0.3) is 5.56 Å². The van der Waals surface area contributed by atoms with E-state index >= 15 is 0 Å². The zero-order chi connectivity index (χ0) is 19.8. The molecule has 1 unspecified atom stereocenters. The Morgan fingerprint density at radius 3 is 2.79 bits per heavy atom. The van der Waals surface area contributed by atoms with Crippen LogP contribution in [-0.2, 0) is 23.3 Å². The molecule has 1 atom stereocenters. The van der Waals surface area contributed by atoms with Crippen LogP contribution in [0.15, 0.2) is 68.4 Å². The van der Waals surface area contributed by atoms with E-state index in [-0.39, 0.29) is 23.2 Å². The lowest BCUT2D eigenvalue weighted by molar-refractivity contribution is -0.122. The molecule has 29 heavy (non-hydrogen) atoms. The average molecular weight is 407 g/mol. The Hall–Kier alpha value is -3.25. The van der Waals surface area contributed by atoms with E-state index in [9.17, 15) is 9.59 Å². The van der Waals surface area contributed by atoms with Crippen LogP contribution in [0.2, 0.25) is 5.22 Å². The van der Waals surface area contributed by atoms with E-state index < -0.39 is 5.41 Å². The standard InChI is InChI=1S/C22H15ClN2O4/c23-19-6-5-13(29-19)12-25-16-4-2-1-3-15(16)22(21(25)27)8-9-24-18(22)11-17-14(20(24)26)7-10-28-17/h1-7,10-11H,8-9,12H2. The van der Waals surface area contributed by atoms with Gasteiger partial charge in [0, 0.05) is 24.0 Å². The number of nitrogens with zero attached hydrogens (tertiary/aromatic N) is 2. The normalized spacial score (nSPS) is 20.0. The van der Waals surface area contributed by atoms with E-state index in [0.29, 0.717) is 35.4 Å². The first kappa shape index (κ1) is 16.7.